The van der Waals surface area contributed by atoms with Gasteiger partial charge in [-0.05, 0) is 43.5 Å². The lowest BCUT2D eigenvalue weighted by molar-refractivity contribution is 0.254. The zero-order chi connectivity index (χ0) is 13.9. The minimum absolute atomic E-state index is 0.0794. The number of sulfonamides is 1. The van der Waals surface area contributed by atoms with Crippen molar-refractivity contribution < 1.29 is 17.9 Å². The van der Waals surface area contributed by atoms with Crippen molar-refractivity contribution in [2.24, 2.45) is 0 Å². The van der Waals surface area contributed by atoms with Crippen molar-refractivity contribution in [1.29, 1.82) is 0 Å². The van der Waals surface area contributed by atoms with Crippen LogP contribution in [0.3, 0.4) is 0 Å². The van der Waals surface area contributed by atoms with Crippen LogP contribution in [0.4, 0.5) is 4.39 Å². The van der Waals surface area contributed by atoms with Gasteiger partial charge in [0, 0.05) is 6.04 Å². The van der Waals surface area contributed by atoms with Crippen molar-refractivity contribution in [2.45, 2.75) is 38.1 Å². The largest absolute Gasteiger partial charge is 0.395 e. The van der Waals surface area contributed by atoms with E-state index in [0.29, 0.717) is 17.5 Å². The van der Waals surface area contributed by atoms with Crippen molar-refractivity contribution >= 4 is 10.0 Å². The Labute approximate surface area is 107 Å². The molecule has 0 aliphatic carbocycles. The van der Waals surface area contributed by atoms with Gasteiger partial charge in [-0.25, -0.2) is 17.5 Å². The first kappa shape index (κ1) is 15.1. The smallest absolute Gasteiger partial charge is 0.241 e. The second-order valence-electron chi connectivity index (χ2n) is 4.28. The van der Waals surface area contributed by atoms with Crippen LogP contribution in [-0.2, 0) is 10.0 Å². The Bertz CT molecular complexity index is 501. The van der Waals surface area contributed by atoms with Crippen LogP contribution in [0.5, 0.6) is 0 Å². The molecular formula is C12H18FNO3S. The molecule has 1 atom stereocenters. The molecule has 1 rings (SSSR count). The normalized spacial score (nSPS) is 13.6. The highest BCUT2D eigenvalue weighted by Crippen LogP contribution is 2.21. The number of benzene rings is 1. The fourth-order valence-corrected chi connectivity index (χ4v) is 3.61. The topological polar surface area (TPSA) is 66.4 Å². The van der Waals surface area contributed by atoms with Gasteiger partial charge in [-0.2, -0.15) is 0 Å². The van der Waals surface area contributed by atoms with Crippen LogP contribution in [0.2, 0.25) is 0 Å². The summed E-state index contributed by atoms with van der Waals surface area (Å²) < 4.78 is 39.9. The quantitative estimate of drug-likeness (QED) is 0.855. The van der Waals surface area contributed by atoms with E-state index >= 15 is 0 Å². The standard InChI is InChI=1S/C12H18FNO3S/c1-4-11(7-15)14-18(16,17)12-8(2)5-10(13)6-9(12)3/h5-6,11,14-15H,4,7H2,1-3H3/t11-/m1/s1. The van der Waals surface area contributed by atoms with Gasteiger partial charge < -0.3 is 5.11 Å². The average Bonchev–Trinajstić information content (AvgIpc) is 2.23. The van der Waals surface area contributed by atoms with Gasteiger partial charge in [0.2, 0.25) is 10.0 Å². The zero-order valence-electron chi connectivity index (χ0n) is 10.7. The molecule has 18 heavy (non-hydrogen) atoms. The van der Waals surface area contributed by atoms with E-state index in [9.17, 15) is 12.8 Å². The van der Waals surface area contributed by atoms with Crippen LogP contribution >= 0.6 is 0 Å². The van der Waals surface area contributed by atoms with Crippen LogP contribution < -0.4 is 4.72 Å². The molecule has 0 bridgehead atoms. The highest BCUT2D eigenvalue weighted by atomic mass is 32.2. The number of aliphatic hydroxyl groups excluding tert-OH is 1. The number of aryl methyl sites for hydroxylation is 2. The summed E-state index contributed by atoms with van der Waals surface area (Å²) in [6.07, 6.45) is 0.481. The van der Waals surface area contributed by atoms with E-state index in [2.05, 4.69) is 4.72 Å². The van der Waals surface area contributed by atoms with Gasteiger partial charge in [-0.3, -0.25) is 0 Å². The lowest BCUT2D eigenvalue weighted by Gasteiger charge is -2.17. The minimum atomic E-state index is -3.74. The first-order valence-corrected chi connectivity index (χ1v) is 7.20. The van der Waals surface area contributed by atoms with E-state index in [1.54, 1.807) is 20.8 Å². The highest BCUT2D eigenvalue weighted by Gasteiger charge is 2.23. The number of rotatable bonds is 5. The van der Waals surface area contributed by atoms with Crippen molar-refractivity contribution in [2.75, 3.05) is 6.61 Å². The summed E-state index contributed by atoms with van der Waals surface area (Å²) in [6, 6.07) is 1.84. The number of hydrogen-bond acceptors (Lipinski definition) is 3. The molecule has 1 aromatic carbocycles. The third-order valence-corrected chi connectivity index (χ3v) is 4.55. The number of halogens is 1. The summed E-state index contributed by atoms with van der Waals surface area (Å²) in [5.74, 6) is -0.460. The molecule has 0 spiro atoms. The van der Waals surface area contributed by atoms with Gasteiger partial charge in [0.25, 0.3) is 0 Å². The molecule has 0 saturated carbocycles. The lowest BCUT2D eigenvalue weighted by Crippen LogP contribution is -2.37. The van der Waals surface area contributed by atoms with E-state index in [4.69, 9.17) is 5.11 Å². The van der Waals surface area contributed by atoms with Crippen LogP contribution in [0.15, 0.2) is 17.0 Å². The molecule has 1 aromatic rings. The summed E-state index contributed by atoms with van der Waals surface area (Å²) in [5.41, 5.74) is 0.709. The molecule has 0 radical (unpaired) electrons. The van der Waals surface area contributed by atoms with Crippen LogP contribution in [-0.4, -0.2) is 26.2 Å². The van der Waals surface area contributed by atoms with E-state index in [-0.39, 0.29) is 11.5 Å². The lowest BCUT2D eigenvalue weighted by atomic mass is 10.1. The second kappa shape index (κ2) is 5.77. The molecule has 0 saturated heterocycles. The molecule has 0 unspecified atom stereocenters. The van der Waals surface area contributed by atoms with Crippen molar-refractivity contribution in [3.8, 4) is 0 Å². The minimum Gasteiger partial charge on any atom is -0.395 e. The first-order valence-electron chi connectivity index (χ1n) is 5.71. The van der Waals surface area contributed by atoms with Gasteiger partial charge in [0.1, 0.15) is 5.82 Å². The fraction of sp³-hybridized carbons (Fsp3) is 0.500. The van der Waals surface area contributed by atoms with Gasteiger partial charge in [0.05, 0.1) is 11.5 Å². The van der Waals surface area contributed by atoms with E-state index in [0.717, 1.165) is 0 Å². The number of aliphatic hydroxyl groups is 1. The summed E-state index contributed by atoms with van der Waals surface area (Å²) in [5, 5.41) is 9.03. The van der Waals surface area contributed by atoms with Crippen LogP contribution in [0, 0.1) is 19.7 Å². The Balaban J connectivity index is 3.21. The predicted molar refractivity (Wildman–Crippen MR) is 67.4 cm³/mol. The average molecular weight is 275 g/mol. The maximum absolute atomic E-state index is 13.1. The maximum Gasteiger partial charge on any atom is 0.241 e. The Morgan fingerprint density at radius 2 is 1.83 bits per heavy atom. The van der Waals surface area contributed by atoms with E-state index in [1.165, 1.54) is 12.1 Å². The second-order valence-corrected chi connectivity index (χ2v) is 5.93. The van der Waals surface area contributed by atoms with Crippen LogP contribution in [0.1, 0.15) is 24.5 Å². The predicted octanol–water partition coefficient (Wildman–Crippen LogP) is 1.49. The van der Waals surface area contributed by atoms with Gasteiger partial charge in [-0.1, -0.05) is 6.92 Å². The van der Waals surface area contributed by atoms with E-state index < -0.39 is 21.9 Å². The molecule has 0 fully saturated rings. The SMILES string of the molecule is CC[C@H](CO)NS(=O)(=O)c1c(C)cc(F)cc1C. The third kappa shape index (κ3) is 3.28. The Kier molecular flexibility index (Phi) is 4.84. The monoisotopic (exact) mass is 275 g/mol. The van der Waals surface area contributed by atoms with Gasteiger partial charge in [-0.15, -0.1) is 0 Å². The number of hydrogen-bond donors (Lipinski definition) is 2. The Hall–Kier alpha value is -0.980. The highest BCUT2D eigenvalue weighted by molar-refractivity contribution is 7.89. The molecule has 0 heterocycles. The maximum atomic E-state index is 13.1. The molecule has 6 heteroatoms. The zero-order valence-corrected chi connectivity index (χ0v) is 11.5. The summed E-state index contributed by atoms with van der Waals surface area (Å²) in [4.78, 5) is 0.0794. The summed E-state index contributed by atoms with van der Waals surface area (Å²) in [7, 11) is -3.74. The van der Waals surface area contributed by atoms with E-state index in [1.807, 2.05) is 0 Å². The van der Waals surface area contributed by atoms with Gasteiger partial charge in [0.15, 0.2) is 0 Å². The molecule has 4 nitrogen and oxygen atoms in total. The summed E-state index contributed by atoms with van der Waals surface area (Å²) in [6.45, 7) is 4.60. The molecule has 2 N–H and O–H groups in total. The fourth-order valence-electron chi connectivity index (χ4n) is 1.85. The Morgan fingerprint density at radius 1 is 1.33 bits per heavy atom. The molecular weight excluding hydrogens is 257 g/mol. The third-order valence-electron chi connectivity index (χ3n) is 2.73. The molecule has 0 aliphatic rings. The summed E-state index contributed by atoms with van der Waals surface area (Å²) >= 11 is 0. The van der Waals surface area contributed by atoms with Gasteiger partial charge >= 0.3 is 0 Å². The van der Waals surface area contributed by atoms with Crippen molar-refractivity contribution in [3.05, 3.63) is 29.1 Å². The first-order chi connectivity index (χ1) is 8.31. The molecule has 0 aromatic heterocycles. The molecule has 0 aliphatic heterocycles. The molecule has 0 amide bonds. The van der Waals surface area contributed by atoms with Crippen LogP contribution in [0.25, 0.3) is 0 Å². The van der Waals surface area contributed by atoms with Crippen molar-refractivity contribution in [1.82, 2.24) is 4.72 Å². The Morgan fingerprint density at radius 3 is 2.22 bits per heavy atom. The molecule has 102 valence electrons. The van der Waals surface area contributed by atoms with Crippen molar-refractivity contribution in [3.63, 3.8) is 0 Å². The number of nitrogens with one attached hydrogen (secondary N) is 1.